The third-order valence-electron chi connectivity index (χ3n) is 8.32. The van der Waals surface area contributed by atoms with E-state index in [9.17, 15) is 0 Å². The second-order valence-corrected chi connectivity index (χ2v) is 10.6. The largest absolute Gasteiger partial charge is 0.456 e. The Bertz CT molecular complexity index is 2280. The van der Waals surface area contributed by atoms with E-state index in [2.05, 4.69) is 143 Å². The van der Waals surface area contributed by atoms with Crippen LogP contribution in [0, 0.1) is 0 Å². The van der Waals surface area contributed by atoms with Gasteiger partial charge in [0.25, 0.3) is 0 Å². The molecular weight excluding hydrogens is 500 g/mol. The Hall–Kier alpha value is -5.54. The lowest BCUT2D eigenvalue weighted by molar-refractivity contribution is 0.669. The summed E-state index contributed by atoms with van der Waals surface area (Å²) in [5.41, 5.74) is 8.68. The van der Waals surface area contributed by atoms with E-state index < -0.39 is 0 Å². The van der Waals surface area contributed by atoms with Crippen molar-refractivity contribution in [2.24, 2.45) is 0 Å². The normalized spacial score (nSPS) is 12.8. The van der Waals surface area contributed by atoms with Crippen LogP contribution in [-0.2, 0) is 0 Å². The lowest BCUT2D eigenvalue weighted by Crippen LogP contribution is -2.24. The third-order valence-corrected chi connectivity index (χ3v) is 8.32. The molecule has 1 aliphatic rings. The standard InChI is InChI=1S/C38H24N2O/c1-2-12-27(13-3-1)39-33-21-18-26-11-5-7-15-30(26)38(33)40(34-22-19-25-10-4-6-14-29(25)37(34)39)28-20-23-36-32(24-28)31-16-8-9-17-35(31)41-36/h1-24H. The lowest BCUT2D eigenvalue weighted by Gasteiger charge is -2.41. The van der Waals surface area contributed by atoms with Gasteiger partial charge in [-0.3, -0.25) is 0 Å². The lowest BCUT2D eigenvalue weighted by atomic mass is 9.96. The monoisotopic (exact) mass is 524 g/mol. The minimum atomic E-state index is 0.898. The number of fused-ring (bicyclic) bond motifs is 9. The second-order valence-electron chi connectivity index (χ2n) is 10.6. The molecule has 0 radical (unpaired) electrons. The van der Waals surface area contributed by atoms with Crippen LogP contribution in [-0.4, -0.2) is 0 Å². The topological polar surface area (TPSA) is 19.6 Å². The number of nitrogens with zero attached hydrogens (tertiary/aromatic N) is 2. The summed E-state index contributed by atoms with van der Waals surface area (Å²) in [6.07, 6.45) is 0. The molecule has 0 saturated heterocycles. The van der Waals surface area contributed by atoms with E-state index in [1.165, 1.54) is 32.9 Å². The summed E-state index contributed by atoms with van der Waals surface area (Å²) >= 11 is 0. The Morgan fingerprint density at radius 1 is 0.366 bits per heavy atom. The van der Waals surface area contributed by atoms with Gasteiger partial charge in [0, 0.05) is 32.9 Å². The van der Waals surface area contributed by atoms with Crippen LogP contribution in [0.25, 0.3) is 43.5 Å². The molecule has 41 heavy (non-hydrogen) atoms. The molecule has 1 aromatic heterocycles. The maximum absolute atomic E-state index is 6.21. The first-order valence-electron chi connectivity index (χ1n) is 14.0. The molecule has 0 amide bonds. The van der Waals surface area contributed by atoms with Crippen molar-refractivity contribution in [2.45, 2.75) is 0 Å². The van der Waals surface area contributed by atoms with Crippen LogP contribution < -0.4 is 9.80 Å². The number of para-hydroxylation sites is 2. The van der Waals surface area contributed by atoms with Crippen LogP contribution >= 0.6 is 0 Å². The van der Waals surface area contributed by atoms with Crippen molar-refractivity contribution < 1.29 is 4.42 Å². The van der Waals surface area contributed by atoms with Crippen LogP contribution in [0.15, 0.2) is 150 Å². The summed E-state index contributed by atoms with van der Waals surface area (Å²) in [6, 6.07) is 52.0. The van der Waals surface area contributed by atoms with Crippen molar-refractivity contribution in [2.75, 3.05) is 9.80 Å². The van der Waals surface area contributed by atoms with Gasteiger partial charge in [-0.15, -0.1) is 0 Å². The quantitative estimate of drug-likeness (QED) is 0.224. The predicted molar refractivity (Wildman–Crippen MR) is 172 cm³/mol. The molecule has 0 spiro atoms. The molecule has 0 fully saturated rings. The van der Waals surface area contributed by atoms with Crippen molar-refractivity contribution in [3.63, 3.8) is 0 Å². The van der Waals surface area contributed by atoms with Gasteiger partial charge in [0.1, 0.15) is 11.2 Å². The van der Waals surface area contributed by atoms with E-state index in [-0.39, 0.29) is 0 Å². The van der Waals surface area contributed by atoms with E-state index in [1.54, 1.807) is 0 Å². The highest BCUT2D eigenvalue weighted by atomic mass is 16.3. The Kier molecular flexibility index (Phi) is 4.61. The van der Waals surface area contributed by atoms with E-state index in [0.717, 1.165) is 44.7 Å². The minimum absolute atomic E-state index is 0.898. The predicted octanol–water partition coefficient (Wildman–Crippen LogP) is 11.1. The molecule has 0 N–H and O–H groups in total. The Labute approximate surface area is 237 Å². The molecule has 8 aromatic rings. The molecule has 3 heteroatoms. The maximum atomic E-state index is 6.21. The number of hydrogen-bond donors (Lipinski definition) is 0. The first-order chi connectivity index (χ1) is 20.3. The van der Waals surface area contributed by atoms with Crippen molar-refractivity contribution in [1.82, 2.24) is 0 Å². The zero-order valence-electron chi connectivity index (χ0n) is 22.2. The number of benzene rings is 7. The Morgan fingerprint density at radius 3 is 1.59 bits per heavy atom. The first-order valence-corrected chi connectivity index (χ1v) is 14.0. The summed E-state index contributed by atoms with van der Waals surface area (Å²) in [4.78, 5) is 4.88. The van der Waals surface area contributed by atoms with Gasteiger partial charge >= 0.3 is 0 Å². The highest BCUT2D eigenvalue weighted by molar-refractivity contribution is 6.17. The highest BCUT2D eigenvalue weighted by Gasteiger charge is 2.33. The van der Waals surface area contributed by atoms with E-state index in [0.29, 0.717) is 0 Å². The molecule has 1 aliphatic heterocycles. The molecule has 192 valence electrons. The first kappa shape index (κ1) is 22.3. The molecule has 0 bridgehead atoms. The summed E-state index contributed by atoms with van der Waals surface area (Å²) in [5, 5.41) is 7.10. The average Bonchev–Trinajstić information content (AvgIpc) is 3.42. The highest BCUT2D eigenvalue weighted by Crippen LogP contribution is 2.58. The van der Waals surface area contributed by atoms with Gasteiger partial charge in [-0.25, -0.2) is 0 Å². The number of hydrogen-bond acceptors (Lipinski definition) is 3. The second kappa shape index (κ2) is 8.48. The number of furan rings is 1. The molecule has 3 nitrogen and oxygen atoms in total. The van der Waals surface area contributed by atoms with Gasteiger partial charge in [0.15, 0.2) is 0 Å². The van der Waals surface area contributed by atoms with Gasteiger partial charge in [0.05, 0.1) is 22.7 Å². The SMILES string of the molecule is c1ccc(N2c3ccc4ccccc4c3N(c3ccc4oc5ccccc5c4c3)c3ccc4ccccc4c32)cc1. The van der Waals surface area contributed by atoms with Gasteiger partial charge in [0.2, 0.25) is 0 Å². The molecule has 0 atom stereocenters. The Balaban J connectivity index is 1.43. The molecule has 0 unspecified atom stereocenters. The molecular formula is C38H24N2O. The van der Waals surface area contributed by atoms with Crippen LogP contribution in [0.3, 0.4) is 0 Å². The van der Waals surface area contributed by atoms with Gasteiger partial charge in [-0.1, -0.05) is 97.1 Å². The molecule has 7 aromatic carbocycles. The van der Waals surface area contributed by atoms with Gasteiger partial charge in [-0.2, -0.15) is 0 Å². The summed E-state index contributed by atoms with van der Waals surface area (Å²) in [6.45, 7) is 0. The number of rotatable bonds is 2. The van der Waals surface area contributed by atoms with E-state index >= 15 is 0 Å². The fourth-order valence-electron chi connectivity index (χ4n) is 6.53. The van der Waals surface area contributed by atoms with Crippen molar-refractivity contribution in [3.05, 3.63) is 146 Å². The van der Waals surface area contributed by atoms with Crippen LogP contribution in [0.5, 0.6) is 0 Å². The molecule has 9 rings (SSSR count). The zero-order valence-corrected chi connectivity index (χ0v) is 22.2. The summed E-state index contributed by atoms with van der Waals surface area (Å²) in [5.74, 6) is 0. The van der Waals surface area contributed by atoms with Crippen LogP contribution in [0.2, 0.25) is 0 Å². The average molecular weight is 525 g/mol. The fourth-order valence-corrected chi connectivity index (χ4v) is 6.53. The van der Waals surface area contributed by atoms with E-state index in [4.69, 9.17) is 4.42 Å². The van der Waals surface area contributed by atoms with Crippen molar-refractivity contribution in [3.8, 4) is 0 Å². The minimum Gasteiger partial charge on any atom is -0.456 e. The zero-order chi connectivity index (χ0) is 26.9. The van der Waals surface area contributed by atoms with E-state index in [1.807, 2.05) is 12.1 Å². The van der Waals surface area contributed by atoms with Gasteiger partial charge in [-0.05, 0) is 59.3 Å². The maximum Gasteiger partial charge on any atom is 0.135 e. The van der Waals surface area contributed by atoms with Gasteiger partial charge < -0.3 is 14.2 Å². The molecule has 0 aliphatic carbocycles. The summed E-state index contributed by atoms with van der Waals surface area (Å²) < 4.78 is 6.21. The smallest absolute Gasteiger partial charge is 0.135 e. The molecule has 0 saturated carbocycles. The summed E-state index contributed by atoms with van der Waals surface area (Å²) in [7, 11) is 0. The number of anilines is 6. The van der Waals surface area contributed by atoms with Crippen molar-refractivity contribution in [1.29, 1.82) is 0 Å². The van der Waals surface area contributed by atoms with Crippen molar-refractivity contribution >= 4 is 77.6 Å². The van der Waals surface area contributed by atoms with Crippen LogP contribution in [0.4, 0.5) is 34.1 Å². The third kappa shape index (κ3) is 3.20. The fraction of sp³-hybridized carbons (Fsp3) is 0. The van der Waals surface area contributed by atoms with Crippen LogP contribution in [0.1, 0.15) is 0 Å². The molecule has 2 heterocycles. The Morgan fingerprint density at radius 2 is 0.902 bits per heavy atom.